The monoisotopic (exact) mass is 236 g/mol. The molecule has 1 rings (SSSR count). The quantitative estimate of drug-likeness (QED) is 0.756. The van der Waals surface area contributed by atoms with Crippen molar-refractivity contribution in [1.29, 1.82) is 0 Å². The molecule has 0 unspecified atom stereocenters. The zero-order chi connectivity index (χ0) is 10.4. The Morgan fingerprint density at radius 2 is 2.07 bits per heavy atom. The first kappa shape index (κ1) is 14.7. The largest absolute Gasteiger partial charge is 0.384 e. The van der Waals surface area contributed by atoms with Crippen LogP contribution in [0.2, 0.25) is 0 Å². The topological polar surface area (TPSA) is 50.4 Å². The Balaban J connectivity index is 0.00000196. The lowest BCUT2D eigenvalue weighted by molar-refractivity contribution is -0.124. The van der Waals surface area contributed by atoms with E-state index in [2.05, 4.69) is 17.6 Å². The van der Waals surface area contributed by atoms with Crippen molar-refractivity contribution in [3.63, 3.8) is 0 Å². The van der Waals surface area contributed by atoms with E-state index in [-0.39, 0.29) is 23.9 Å². The molecular weight excluding hydrogens is 216 g/mol. The van der Waals surface area contributed by atoms with Gasteiger partial charge in [-0.15, -0.1) is 12.4 Å². The molecule has 2 N–H and O–H groups in total. The second-order valence-corrected chi connectivity index (χ2v) is 4.10. The lowest BCUT2D eigenvalue weighted by atomic mass is 9.90. The molecule has 0 atom stereocenters. The molecule has 1 saturated heterocycles. The van der Waals surface area contributed by atoms with Crippen LogP contribution in [-0.2, 0) is 9.53 Å². The van der Waals surface area contributed by atoms with Crippen molar-refractivity contribution in [2.75, 3.05) is 26.8 Å². The van der Waals surface area contributed by atoms with Gasteiger partial charge in [0.2, 0.25) is 5.91 Å². The maximum atomic E-state index is 11.5. The number of ether oxygens (including phenoxy) is 1. The van der Waals surface area contributed by atoms with Crippen LogP contribution in [0, 0.1) is 0 Å². The summed E-state index contributed by atoms with van der Waals surface area (Å²) in [5.41, 5.74) is -0.0178. The number of hydrogen-bond donors (Lipinski definition) is 2. The third-order valence-electron chi connectivity index (χ3n) is 2.68. The summed E-state index contributed by atoms with van der Waals surface area (Å²) in [6, 6.07) is 0. The van der Waals surface area contributed by atoms with E-state index in [9.17, 15) is 4.79 Å². The number of rotatable bonds is 4. The average molecular weight is 237 g/mol. The maximum Gasteiger partial charge on any atom is 0.222 e. The van der Waals surface area contributed by atoms with Gasteiger partial charge in [-0.05, 0) is 32.9 Å². The van der Waals surface area contributed by atoms with Crippen LogP contribution in [0.1, 0.15) is 26.2 Å². The number of amides is 1. The molecule has 0 aromatic heterocycles. The number of carbonyl (C=O) groups excluding carboxylic acids is 1. The summed E-state index contributed by atoms with van der Waals surface area (Å²) in [4.78, 5) is 11.5. The first-order chi connectivity index (χ1) is 6.66. The van der Waals surface area contributed by atoms with Gasteiger partial charge in [0, 0.05) is 19.1 Å². The number of hydrogen-bond acceptors (Lipinski definition) is 3. The number of methoxy groups -OCH3 is 1. The molecule has 1 heterocycles. The first-order valence-electron chi connectivity index (χ1n) is 5.17. The molecule has 5 heteroatoms. The second kappa shape index (κ2) is 7.04. The van der Waals surface area contributed by atoms with Crippen LogP contribution in [0.3, 0.4) is 0 Å². The van der Waals surface area contributed by atoms with Crippen molar-refractivity contribution < 1.29 is 9.53 Å². The Bertz CT molecular complexity index is 194. The SMILES string of the molecule is COCCC(=O)NC1(C)CCNCC1.Cl. The van der Waals surface area contributed by atoms with E-state index in [1.54, 1.807) is 7.11 Å². The number of piperidine rings is 1. The van der Waals surface area contributed by atoms with E-state index in [4.69, 9.17) is 4.74 Å². The van der Waals surface area contributed by atoms with Crippen molar-refractivity contribution >= 4 is 18.3 Å². The van der Waals surface area contributed by atoms with Gasteiger partial charge in [0.25, 0.3) is 0 Å². The molecule has 0 bridgehead atoms. The standard InChI is InChI=1S/C10H20N2O2.ClH/c1-10(4-6-11-7-5-10)12-9(13)3-8-14-2;/h11H,3-8H2,1-2H3,(H,12,13);1H. The summed E-state index contributed by atoms with van der Waals surface area (Å²) in [7, 11) is 1.61. The molecule has 0 spiro atoms. The number of nitrogens with one attached hydrogen (secondary N) is 2. The van der Waals surface area contributed by atoms with Crippen LogP contribution in [-0.4, -0.2) is 38.3 Å². The lowest BCUT2D eigenvalue weighted by Crippen LogP contribution is -2.52. The van der Waals surface area contributed by atoms with Gasteiger partial charge in [0.15, 0.2) is 0 Å². The van der Waals surface area contributed by atoms with Gasteiger partial charge in [0.05, 0.1) is 6.61 Å². The average Bonchev–Trinajstić information content (AvgIpc) is 2.15. The molecule has 1 fully saturated rings. The summed E-state index contributed by atoms with van der Waals surface area (Å²) in [5, 5.41) is 6.35. The first-order valence-corrected chi connectivity index (χ1v) is 5.17. The molecule has 1 aliphatic rings. The highest BCUT2D eigenvalue weighted by Crippen LogP contribution is 2.16. The van der Waals surface area contributed by atoms with Gasteiger partial charge in [0.1, 0.15) is 0 Å². The summed E-state index contributed by atoms with van der Waals surface area (Å²) < 4.78 is 4.86. The summed E-state index contributed by atoms with van der Waals surface area (Å²) in [5.74, 6) is 0.0938. The Morgan fingerprint density at radius 1 is 1.47 bits per heavy atom. The smallest absolute Gasteiger partial charge is 0.222 e. The zero-order valence-electron chi connectivity index (χ0n) is 9.47. The van der Waals surface area contributed by atoms with Crippen molar-refractivity contribution in [2.24, 2.45) is 0 Å². The molecule has 0 aromatic carbocycles. The third kappa shape index (κ3) is 5.35. The van der Waals surface area contributed by atoms with Gasteiger partial charge in [-0.25, -0.2) is 0 Å². The van der Waals surface area contributed by atoms with Crippen molar-refractivity contribution in [3.8, 4) is 0 Å². The highest BCUT2D eigenvalue weighted by atomic mass is 35.5. The normalized spacial score (nSPS) is 19.1. The van der Waals surface area contributed by atoms with Crippen molar-refractivity contribution in [1.82, 2.24) is 10.6 Å². The lowest BCUT2D eigenvalue weighted by Gasteiger charge is -2.35. The van der Waals surface area contributed by atoms with E-state index in [0.717, 1.165) is 25.9 Å². The van der Waals surface area contributed by atoms with E-state index >= 15 is 0 Å². The number of carbonyl (C=O) groups is 1. The fourth-order valence-corrected chi connectivity index (χ4v) is 1.70. The molecular formula is C10H21ClN2O2. The van der Waals surface area contributed by atoms with Gasteiger partial charge in [-0.2, -0.15) is 0 Å². The van der Waals surface area contributed by atoms with Gasteiger partial charge >= 0.3 is 0 Å². The molecule has 0 aliphatic carbocycles. The van der Waals surface area contributed by atoms with Crippen LogP contribution in [0.4, 0.5) is 0 Å². The van der Waals surface area contributed by atoms with E-state index in [1.165, 1.54) is 0 Å². The highest BCUT2D eigenvalue weighted by Gasteiger charge is 2.27. The fraction of sp³-hybridized carbons (Fsp3) is 0.900. The minimum absolute atomic E-state index is 0. The molecule has 0 radical (unpaired) electrons. The van der Waals surface area contributed by atoms with Crippen molar-refractivity contribution in [2.45, 2.75) is 31.7 Å². The van der Waals surface area contributed by atoms with Gasteiger partial charge in [-0.1, -0.05) is 0 Å². The molecule has 90 valence electrons. The predicted octanol–water partition coefficient (Wildman–Crippen LogP) is 0.703. The zero-order valence-corrected chi connectivity index (χ0v) is 10.3. The van der Waals surface area contributed by atoms with Crippen LogP contribution in [0.5, 0.6) is 0 Å². The Labute approximate surface area is 97.5 Å². The molecule has 1 amide bonds. The molecule has 0 saturated carbocycles. The summed E-state index contributed by atoms with van der Waals surface area (Å²) in [6.45, 7) is 4.58. The van der Waals surface area contributed by atoms with Crippen LogP contribution in [0.25, 0.3) is 0 Å². The maximum absolute atomic E-state index is 11.5. The Kier molecular flexibility index (Phi) is 6.89. The van der Waals surface area contributed by atoms with Gasteiger partial charge in [-0.3, -0.25) is 4.79 Å². The van der Waals surface area contributed by atoms with Crippen LogP contribution < -0.4 is 10.6 Å². The van der Waals surface area contributed by atoms with E-state index in [1.807, 2.05) is 0 Å². The Morgan fingerprint density at radius 3 is 2.60 bits per heavy atom. The van der Waals surface area contributed by atoms with Crippen LogP contribution >= 0.6 is 12.4 Å². The Hall–Kier alpha value is -0.320. The second-order valence-electron chi connectivity index (χ2n) is 4.10. The molecule has 15 heavy (non-hydrogen) atoms. The summed E-state index contributed by atoms with van der Waals surface area (Å²) >= 11 is 0. The molecule has 4 nitrogen and oxygen atoms in total. The van der Waals surface area contributed by atoms with Crippen LogP contribution in [0.15, 0.2) is 0 Å². The minimum Gasteiger partial charge on any atom is -0.384 e. The number of halogens is 1. The fourth-order valence-electron chi connectivity index (χ4n) is 1.70. The highest BCUT2D eigenvalue weighted by molar-refractivity contribution is 5.85. The minimum atomic E-state index is -0.0178. The van der Waals surface area contributed by atoms with E-state index in [0.29, 0.717) is 13.0 Å². The predicted molar refractivity (Wildman–Crippen MR) is 62.4 cm³/mol. The molecule has 1 aliphatic heterocycles. The van der Waals surface area contributed by atoms with Crippen molar-refractivity contribution in [3.05, 3.63) is 0 Å². The summed E-state index contributed by atoms with van der Waals surface area (Å²) in [6.07, 6.45) is 2.47. The van der Waals surface area contributed by atoms with E-state index < -0.39 is 0 Å². The van der Waals surface area contributed by atoms with Gasteiger partial charge < -0.3 is 15.4 Å². The molecule has 0 aromatic rings. The third-order valence-corrected chi connectivity index (χ3v) is 2.68.